The summed E-state index contributed by atoms with van der Waals surface area (Å²) < 4.78 is 0. The smallest absolute Gasteiger partial charge is 0.274 e. The monoisotopic (exact) mass is 289 g/mol. The second-order valence-corrected chi connectivity index (χ2v) is 4.99. The van der Waals surface area contributed by atoms with Gasteiger partial charge in [-0.1, -0.05) is 13.8 Å². The van der Waals surface area contributed by atoms with Gasteiger partial charge in [-0.3, -0.25) is 9.89 Å². The van der Waals surface area contributed by atoms with E-state index < -0.39 is 0 Å². The summed E-state index contributed by atoms with van der Waals surface area (Å²) in [5.74, 6) is 1.22. The van der Waals surface area contributed by atoms with Crippen molar-refractivity contribution in [3.63, 3.8) is 0 Å². The molecular weight excluding hydrogens is 270 g/mol. The van der Waals surface area contributed by atoms with Crippen LogP contribution in [0, 0.1) is 0 Å². The van der Waals surface area contributed by atoms with Crippen molar-refractivity contribution in [2.24, 2.45) is 0 Å². The molecule has 0 aliphatic rings. The third-order valence-corrected chi connectivity index (χ3v) is 2.99. The molecule has 0 saturated heterocycles. The number of aromatic nitrogens is 5. The van der Waals surface area contributed by atoms with Gasteiger partial charge in [0, 0.05) is 20.0 Å². The number of anilines is 1. The van der Waals surface area contributed by atoms with Crippen molar-refractivity contribution in [2.75, 3.05) is 19.4 Å². The number of amides is 1. The topological polar surface area (TPSA) is 99.7 Å². The van der Waals surface area contributed by atoms with Crippen LogP contribution in [-0.2, 0) is 6.54 Å². The molecule has 2 aromatic heterocycles. The maximum atomic E-state index is 12.6. The zero-order valence-electron chi connectivity index (χ0n) is 12.6. The van der Waals surface area contributed by atoms with Crippen LogP contribution in [0.5, 0.6) is 0 Å². The molecule has 0 radical (unpaired) electrons. The lowest BCUT2D eigenvalue weighted by Gasteiger charge is -2.17. The average molecular weight is 289 g/mol. The third-order valence-electron chi connectivity index (χ3n) is 2.99. The molecule has 8 nitrogen and oxygen atoms in total. The second-order valence-electron chi connectivity index (χ2n) is 4.99. The normalized spacial score (nSPS) is 10.7. The van der Waals surface area contributed by atoms with Gasteiger partial charge < -0.3 is 10.2 Å². The van der Waals surface area contributed by atoms with Crippen LogP contribution in [0.25, 0.3) is 0 Å². The first-order valence-corrected chi connectivity index (χ1v) is 6.67. The number of hydrogen-bond donors (Lipinski definition) is 2. The predicted molar refractivity (Wildman–Crippen MR) is 77.8 cm³/mol. The minimum Gasteiger partial charge on any atom is -0.385 e. The summed E-state index contributed by atoms with van der Waals surface area (Å²) in [6.07, 6.45) is 3.05. The Hall–Kier alpha value is -2.51. The summed E-state index contributed by atoms with van der Waals surface area (Å²) in [6.45, 7) is 4.31. The largest absolute Gasteiger partial charge is 0.385 e. The highest BCUT2D eigenvalue weighted by atomic mass is 16.2. The van der Waals surface area contributed by atoms with Crippen molar-refractivity contribution in [1.29, 1.82) is 0 Å². The lowest BCUT2D eigenvalue weighted by molar-refractivity contribution is 0.0776. The SMILES string of the molecule is CNc1cnc(C(C)C)nc1C(=O)N(C)Cc1ncn[nH]1. The van der Waals surface area contributed by atoms with E-state index >= 15 is 0 Å². The minimum atomic E-state index is -0.194. The maximum Gasteiger partial charge on any atom is 0.274 e. The van der Waals surface area contributed by atoms with E-state index in [-0.39, 0.29) is 11.8 Å². The molecule has 2 rings (SSSR count). The first-order chi connectivity index (χ1) is 10.0. The first kappa shape index (κ1) is 14.9. The summed E-state index contributed by atoms with van der Waals surface area (Å²) in [5.41, 5.74) is 0.965. The third kappa shape index (κ3) is 3.33. The van der Waals surface area contributed by atoms with E-state index in [1.54, 1.807) is 20.3 Å². The number of H-pyrrole nitrogens is 1. The average Bonchev–Trinajstić information content (AvgIpc) is 2.98. The van der Waals surface area contributed by atoms with Gasteiger partial charge in [0.2, 0.25) is 0 Å². The Morgan fingerprint density at radius 1 is 1.43 bits per heavy atom. The molecular formula is C13H19N7O. The molecule has 0 aliphatic carbocycles. The van der Waals surface area contributed by atoms with Gasteiger partial charge in [0.1, 0.15) is 18.0 Å². The number of aromatic amines is 1. The zero-order valence-corrected chi connectivity index (χ0v) is 12.6. The van der Waals surface area contributed by atoms with Gasteiger partial charge in [0.15, 0.2) is 5.69 Å². The van der Waals surface area contributed by atoms with E-state index in [4.69, 9.17) is 0 Å². The van der Waals surface area contributed by atoms with E-state index in [1.165, 1.54) is 11.2 Å². The molecule has 2 aromatic rings. The van der Waals surface area contributed by atoms with Crippen LogP contribution in [0.2, 0.25) is 0 Å². The molecule has 0 atom stereocenters. The number of nitrogens with one attached hydrogen (secondary N) is 2. The molecule has 21 heavy (non-hydrogen) atoms. The second kappa shape index (κ2) is 6.29. The number of rotatable bonds is 5. The minimum absolute atomic E-state index is 0.155. The Bertz CT molecular complexity index is 609. The molecule has 8 heteroatoms. The Morgan fingerprint density at radius 2 is 2.19 bits per heavy atom. The van der Waals surface area contributed by atoms with Crippen LogP contribution in [0.15, 0.2) is 12.5 Å². The number of nitrogens with zero attached hydrogens (tertiary/aromatic N) is 5. The van der Waals surface area contributed by atoms with Gasteiger partial charge in [-0.25, -0.2) is 15.0 Å². The molecule has 0 aliphatic heterocycles. The van der Waals surface area contributed by atoms with Crippen LogP contribution in [0.3, 0.4) is 0 Å². The molecule has 0 unspecified atom stereocenters. The van der Waals surface area contributed by atoms with Crippen molar-refractivity contribution in [2.45, 2.75) is 26.3 Å². The first-order valence-electron chi connectivity index (χ1n) is 6.67. The molecule has 0 saturated carbocycles. The summed E-state index contributed by atoms with van der Waals surface area (Å²) >= 11 is 0. The Morgan fingerprint density at radius 3 is 2.76 bits per heavy atom. The van der Waals surface area contributed by atoms with E-state index in [9.17, 15) is 4.79 Å². The van der Waals surface area contributed by atoms with Crippen LogP contribution in [0.1, 0.15) is 41.9 Å². The molecule has 1 amide bonds. The fourth-order valence-electron chi connectivity index (χ4n) is 1.80. The van der Waals surface area contributed by atoms with Crippen LogP contribution < -0.4 is 5.32 Å². The van der Waals surface area contributed by atoms with Gasteiger partial charge in [-0.2, -0.15) is 5.10 Å². The summed E-state index contributed by atoms with van der Waals surface area (Å²) in [5, 5.41) is 9.44. The summed E-state index contributed by atoms with van der Waals surface area (Å²) in [4.78, 5) is 26.7. The Labute approximate surface area is 123 Å². The van der Waals surface area contributed by atoms with Crippen LogP contribution >= 0.6 is 0 Å². The number of hydrogen-bond acceptors (Lipinski definition) is 6. The fraction of sp³-hybridized carbons (Fsp3) is 0.462. The molecule has 112 valence electrons. The van der Waals surface area contributed by atoms with Crippen LogP contribution in [0.4, 0.5) is 5.69 Å². The van der Waals surface area contributed by atoms with Crippen molar-refractivity contribution < 1.29 is 4.79 Å². The molecule has 2 heterocycles. The van der Waals surface area contributed by atoms with Crippen molar-refractivity contribution in [1.82, 2.24) is 30.0 Å². The highest BCUT2D eigenvalue weighted by molar-refractivity contribution is 5.97. The quantitative estimate of drug-likeness (QED) is 0.853. The fourth-order valence-corrected chi connectivity index (χ4v) is 1.80. The Balaban J connectivity index is 2.26. The molecule has 0 fully saturated rings. The van der Waals surface area contributed by atoms with Crippen molar-refractivity contribution in [3.05, 3.63) is 29.9 Å². The lowest BCUT2D eigenvalue weighted by atomic mass is 10.2. The van der Waals surface area contributed by atoms with E-state index in [0.717, 1.165) is 0 Å². The predicted octanol–water partition coefficient (Wildman–Crippen LogP) is 1.03. The van der Waals surface area contributed by atoms with Crippen molar-refractivity contribution in [3.8, 4) is 0 Å². The van der Waals surface area contributed by atoms with Gasteiger partial charge in [0.05, 0.1) is 18.4 Å². The molecule has 0 spiro atoms. The van der Waals surface area contributed by atoms with E-state index in [1.807, 2.05) is 13.8 Å². The van der Waals surface area contributed by atoms with Gasteiger partial charge >= 0.3 is 0 Å². The highest BCUT2D eigenvalue weighted by Crippen LogP contribution is 2.17. The zero-order chi connectivity index (χ0) is 15.4. The maximum absolute atomic E-state index is 12.6. The van der Waals surface area contributed by atoms with Gasteiger partial charge in [0.25, 0.3) is 5.91 Å². The van der Waals surface area contributed by atoms with Crippen LogP contribution in [-0.4, -0.2) is 50.1 Å². The van der Waals surface area contributed by atoms with E-state index in [2.05, 4.69) is 30.5 Å². The summed E-state index contributed by atoms with van der Waals surface area (Å²) in [7, 11) is 3.43. The van der Waals surface area contributed by atoms with E-state index in [0.29, 0.717) is 29.6 Å². The standard InChI is InChI=1S/C13H19N7O/c1-8(2)12-15-5-9(14-3)11(18-12)13(21)20(4)6-10-16-7-17-19-10/h5,7-8,14H,6H2,1-4H3,(H,16,17,19). The van der Waals surface area contributed by atoms with Crippen molar-refractivity contribution >= 4 is 11.6 Å². The number of carbonyl (C=O) groups excluding carboxylic acids is 1. The molecule has 0 aromatic carbocycles. The van der Waals surface area contributed by atoms with Gasteiger partial charge in [-0.05, 0) is 0 Å². The lowest BCUT2D eigenvalue weighted by Crippen LogP contribution is -2.29. The number of carbonyl (C=O) groups is 1. The van der Waals surface area contributed by atoms with Gasteiger partial charge in [-0.15, -0.1) is 0 Å². The molecule has 2 N–H and O–H groups in total. The highest BCUT2D eigenvalue weighted by Gasteiger charge is 2.20. The Kier molecular flexibility index (Phi) is 4.46. The summed E-state index contributed by atoms with van der Waals surface area (Å²) in [6, 6.07) is 0. The molecule has 0 bridgehead atoms.